The van der Waals surface area contributed by atoms with Crippen LogP contribution in [0.3, 0.4) is 0 Å². The second-order valence-electron chi connectivity index (χ2n) is 2.63. The normalized spacial score (nSPS) is 11.8. The fraction of sp³-hybridized carbons (Fsp3) is 0.857. The monoisotopic (exact) mass is 185 g/mol. The van der Waals surface area contributed by atoms with E-state index in [1.165, 1.54) is 0 Å². The third-order valence-electron chi connectivity index (χ3n) is 1.64. The van der Waals surface area contributed by atoms with Gasteiger partial charge in [-0.2, -0.15) is 0 Å². The SMILES string of the molecule is CCC(NCCCN=[N+]=[N-])C(N)=O. The average molecular weight is 185 g/mol. The van der Waals surface area contributed by atoms with Crippen molar-refractivity contribution in [3.05, 3.63) is 10.4 Å². The van der Waals surface area contributed by atoms with Crippen LogP contribution in [0, 0.1) is 0 Å². The van der Waals surface area contributed by atoms with Crippen LogP contribution < -0.4 is 11.1 Å². The minimum absolute atomic E-state index is 0.272. The van der Waals surface area contributed by atoms with Crippen molar-refractivity contribution < 1.29 is 4.79 Å². The predicted molar refractivity (Wildman–Crippen MR) is 49.9 cm³/mol. The van der Waals surface area contributed by atoms with Gasteiger partial charge in [0, 0.05) is 11.5 Å². The van der Waals surface area contributed by atoms with Gasteiger partial charge in [0.2, 0.25) is 5.91 Å². The third kappa shape index (κ3) is 5.95. The molecular formula is C7H15N5O. The molecule has 3 N–H and O–H groups in total. The zero-order chi connectivity index (χ0) is 10.1. The van der Waals surface area contributed by atoms with E-state index < -0.39 is 0 Å². The third-order valence-corrected chi connectivity index (χ3v) is 1.64. The van der Waals surface area contributed by atoms with Gasteiger partial charge in [-0.3, -0.25) is 4.79 Å². The lowest BCUT2D eigenvalue weighted by Crippen LogP contribution is -2.41. The molecule has 0 fully saturated rings. The van der Waals surface area contributed by atoms with Crippen molar-refractivity contribution in [3.8, 4) is 0 Å². The van der Waals surface area contributed by atoms with Gasteiger partial charge in [0.1, 0.15) is 0 Å². The molecule has 0 radical (unpaired) electrons. The molecule has 0 saturated heterocycles. The quantitative estimate of drug-likeness (QED) is 0.261. The van der Waals surface area contributed by atoms with Gasteiger partial charge in [-0.05, 0) is 24.9 Å². The van der Waals surface area contributed by atoms with E-state index in [0.717, 1.165) is 0 Å². The molecule has 6 heteroatoms. The molecule has 0 aliphatic carbocycles. The predicted octanol–water partition coefficient (Wildman–Crippen LogP) is 0.540. The molecule has 0 rings (SSSR count). The van der Waals surface area contributed by atoms with E-state index in [0.29, 0.717) is 25.9 Å². The van der Waals surface area contributed by atoms with E-state index in [1.54, 1.807) is 0 Å². The number of nitrogens with two attached hydrogens (primary N) is 1. The van der Waals surface area contributed by atoms with Crippen molar-refractivity contribution in [3.63, 3.8) is 0 Å². The summed E-state index contributed by atoms with van der Waals surface area (Å²) >= 11 is 0. The lowest BCUT2D eigenvalue weighted by atomic mass is 10.2. The lowest BCUT2D eigenvalue weighted by Gasteiger charge is -2.11. The van der Waals surface area contributed by atoms with Crippen LogP contribution in [0.15, 0.2) is 5.11 Å². The van der Waals surface area contributed by atoms with Gasteiger partial charge >= 0.3 is 0 Å². The van der Waals surface area contributed by atoms with E-state index in [4.69, 9.17) is 11.3 Å². The summed E-state index contributed by atoms with van der Waals surface area (Å²) in [6.45, 7) is 2.97. The van der Waals surface area contributed by atoms with Crippen LogP contribution in [0.5, 0.6) is 0 Å². The summed E-state index contributed by atoms with van der Waals surface area (Å²) in [5.74, 6) is -0.341. The zero-order valence-electron chi connectivity index (χ0n) is 7.73. The maximum absolute atomic E-state index is 10.7. The van der Waals surface area contributed by atoms with Gasteiger partial charge < -0.3 is 11.1 Å². The summed E-state index contributed by atoms with van der Waals surface area (Å²) in [7, 11) is 0. The van der Waals surface area contributed by atoms with E-state index in [2.05, 4.69) is 15.3 Å². The number of hydrogen-bond acceptors (Lipinski definition) is 3. The van der Waals surface area contributed by atoms with Crippen LogP contribution in [-0.2, 0) is 4.79 Å². The molecule has 1 atom stereocenters. The molecule has 0 saturated carbocycles. The number of amides is 1. The Bertz CT molecular complexity index is 199. The fourth-order valence-corrected chi connectivity index (χ4v) is 0.917. The zero-order valence-corrected chi connectivity index (χ0v) is 7.73. The summed E-state index contributed by atoms with van der Waals surface area (Å²) in [6, 6.07) is -0.272. The summed E-state index contributed by atoms with van der Waals surface area (Å²) in [5.41, 5.74) is 13.1. The Morgan fingerprint density at radius 3 is 2.92 bits per heavy atom. The van der Waals surface area contributed by atoms with Crippen molar-refractivity contribution in [2.75, 3.05) is 13.1 Å². The molecule has 1 amide bonds. The van der Waals surface area contributed by atoms with Gasteiger partial charge in [-0.1, -0.05) is 12.0 Å². The Balaban J connectivity index is 3.49. The highest BCUT2D eigenvalue weighted by Crippen LogP contribution is 1.89. The highest BCUT2D eigenvalue weighted by Gasteiger charge is 2.09. The van der Waals surface area contributed by atoms with Gasteiger partial charge in [0.15, 0.2) is 0 Å². The molecule has 0 bridgehead atoms. The molecule has 74 valence electrons. The molecular weight excluding hydrogens is 170 g/mol. The lowest BCUT2D eigenvalue weighted by molar-refractivity contribution is -0.120. The Labute approximate surface area is 77.1 Å². The first kappa shape index (κ1) is 11.7. The molecule has 1 unspecified atom stereocenters. The van der Waals surface area contributed by atoms with Crippen LogP contribution >= 0.6 is 0 Å². The number of azide groups is 1. The summed E-state index contributed by atoms with van der Waals surface area (Å²) < 4.78 is 0. The van der Waals surface area contributed by atoms with Gasteiger partial charge in [0.25, 0.3) is 0 Å². The van der Waals surface area contributed by atoms with E-state index in [1.807, 2.05) is 6.92 Å². The average Bonchev–Trinajstić information content (AvgIpc) is 2.10. The molecule has 13 heavy (non-hydrogen) atoms. The van der Waals surface area contributed by atoms with Crippen molar-refractivity contribution >= 4 is 5.91 Å². The Morgan fingerprint density at radius 2 is 2.46 bits per heavy atom. The Morgan fingerprint density at radius 1 is 1.77 bits per heavy atom. The number of carbonyl (C=O) groups is 1. The van der Waals surface area contributed by atoms with E-state index >= 15 is 0 Å². The molecule has 0 aromatic rings. The summed E-state index contributed by atoms with van der Waals surface area (Å²) in [4.78, 5) is 13.3. The molecule has 6 nitrogen and oxygen atoms in total. The largest absolute Gasteiger partial charge is 0.368 e. The number of hydrogen-bond donors (Lipinski definition) is 2. The summed E-state index contributed by atoms with van der Waals surface area (Å²) in [5, 5.41) is 6.33. The maximum Gasteiger partial charge on any atom is 0.234 e. The number of carbonyl (C=O) groups excluding carboxylic acids is 1. The molecule has 0 aliphatic rings. The number of primary amides is 1. The summed E-state index contributed by atoms with van der Waals surface area (Å²) in [6.07, 6.45) is 1.39. The van der Waals surface area contributed by atoms with E-state index in [9.17, 15) is 4.79 Å². The van der Waals surface area contributed by atoms with Crippen LogP contribution in [0.1, 0.15) is 19.8 Å². The van der Waals surface area contributed by atoms with Crippen LogP contribution in [0.4, 0.5) is 0 Å². The molecule has 0 heterocycles. The van der Waals surface area contributed by atoms with Crippen molar-refractivity contribution in [1.29, 1.82) is 0 Å². The fourth-order valence-electron chi connectivity index (χ4n) is 0.917. The minimum Gasteiger partial charge on any atom is -0.368 e. The second-order valence-corrected chi connectivity index (χ2v) is 2.63. The van der Waals surface area contributed by atoms with Crippen LogP contribution in [0.2, 0.25) is 0 Å². The van der Waals surface area contributed by atoms with Crippen LogP contribution in [0.25, 0.3) is 10.4 Å². The van der Waals surface area contributed by atoms with Crippen molar-refractivity contribution in [2.45, 2.75) is 25.8 Å². The number of nitrogens with zero attached hydrogens (tertiary/aromatic N) is 3. The number of rotatable bonds is 7. The van der Waals surface area contributed by atoms with Gasteiger partial charge in [-0.25, -0.2) is 0 Å². The first-order chi connectivity index (χ1) is 6.22. The smallest absolute Gasteiger partial charge is 0.234 e. The molecule has 0 spiro atoms. The van der Waals surface area contributed by atoms with Gasteiger partial charge in [-0.15, -0.1) is 0 Å². The second kappa shape index (κ2) is 7.39. The molecule has 0 aromatic heterocycles. The van der Waals surface area contributed by atoms with E-state index in [-0.39, 0.29) is 11.9 Å². The highest BCUT2D eigenvalue weighted by molar-refractivity contribution is 5.79. The van der Waals surface area contributed by atoms with Crippen molar-refractivity contribution in [2.24, 2.45) is 10.8 Å². The topological polar surface area (TPSA) is 104 Å². The Hall–Kier alpha value is -1.26. The van der Waals surface area contributed by atoms with Crippen LogP contribution in [-0.4, -0.2) is 25.0 Å². The maximum atomic E-state index is 10.7. The first-order valence-electron chi connectivity index (χ1n) is 4.26. The first-order valence-corrected chi connectivity index (χ1v) is 4.26. The highest BCUT2D eigenvalue weighted by atomic mass is 16.1. The number of nitrogens with one attached hydrogen (secondary N) is 1. The molecule has 0 aromatic carbocycles. The minimum atomic E-state index is -0.341. The molecule has 0 aliphatic heterocycles. The van der Waals surface area contributed by atoms with Crippen molar-refractivity contribution in [1.82, 2.24) is 5.32 Å². The standard InChI is InChI=1S/C7H15N5O/c1-2-6(7(8)13)10-4-3-5-11-12-9/h6,10H,2-5H2,1H3,(H2,8,13). The van der Waals surface area contributed by atoms with Gasteiger partial charge in [0.05, 0.1) is 6.04 Å². The Kier molecular flexibility index (Phi) is 6.68.